The molecule has 1 aliphatic heterocycles. The molecule has 5 heteroatoms. The third kappa shape index (κ3) is 3.08. The van der Waals surface area contributed by atoms with E-state index in [0.29, 0.717) is 18.5 Å². The molecule has 0 aromatic heterocycles. The number of benzene rings is 2. The van der Waals surface area contributed by atoms with Gasteiger partial charge in [-0.15, -0.1) is 0 Å². The predicted octanol–water partition coefficient (Wildman–Crippen LogP) is 3.39. The molecule has 0 unspecified atom stereocenters. The minimum atomic E-state index is -0.428. The second-order valence-corrected chi connectivity index (χ2v) is 5.42. The van der Waals surface area contributed by atoms with Gasteiger partial charge in [-0.1, -0.05) is 18.2 Å². The zero-order valence-electron chi connectivity index (χ0n) is 13.0. The highest BCUT2D eigenvalue weighted by Crippen LogP contribution is 2.23. The molecule has 0 atom stereocenters. The third-order valence-electron chi connectivity index (χ3n) is 3.85. The molecule has 4 nitrogen and oxygen atoms in total. The molecule has 0 radical (unpaired) electrons. The van der Waals surface area contributed by atoms with Gasteiger partial charge in [0.15, 0.2) is 0 Å². The van der Waals surface area contributed by atoms with E-state index in [1.54, 1.807) is 13.2 Å². The van der Waals surface area contributed by atoms with Crippen LogP contribution in [0.4, 0.5) is 4.39 Å². The summed E-state index contributed by atoms with van der Waals surface area (Å²) >= 11 is 0. The molecule has 2 aromatic carbocycles. The quantitative estimate of drug-likeness (QED) is 0.872. The van der Waals surface area contributed by atoms with Crippen LogP contribution in [0, 0.1) is 12.7 Å². The molecule has 0 aliphatic carbocycles. The van der Waals surface area contributed by atoms with E-state index in [0.717, 1.165) is 22.6 Å². The standard InChI is InChI=1S/C18H17FN2O2/c1-12-6-7-13(11-17(12)23-2)16-8-9-21(20-16)18(22)14-4-3-5-15(19)10-14/h3-7,10-11H,8-9H2,1-2H3. The lowest BCUT2D eigenvalue weighted by Crippen LogP contribution is -2.23. The summed E-state index contributed by atoms with van der Waals surface area (Å²) in [6, 6.07) is 11.5. The molecule has 1 aliphatic rings. The zero-order chi connectivity index (χ0) is 16.4. The van der Waals surface area contributed by atoms with Gasteiger partial charge in [0.05, 0.1) is 19.4 Å². The number of carbonyl (C=O) groups excluding carboxylic acids is 1. The number of nitrogens with zero attached hydrogens (tertiary/aromatic N) is 2. The maximum Gasteiger partial charge on any atom is 0.274 e. The number of halogens is 1. The van der Waals surface area contributed by atoms with Crippen LogP contribution in [0.15, 0.2) is 47.6 Å². The summed E-state index contributed by atoms with van der Waals surface area (Å²) in [6.45, 7) is 2.46. The molecule has 2 aromatic rings. The first-order valence-electron chi connectivity index (χ1n) is 7.38. The second kappa shape index (κ2) is 6.20. The van der Waals surface area contributed by atoms with Gasteiger partial charge < -0.3 is 4.74 Å². The molecular formula is C18H17FN2O2. The monoisotopic (exact) mass is 312 g/mol. The first kappa shape index (κ1) is 15.2. The second-order valence-electron chi connectivity index (χ2n) is 5.42. The Balaban J connectivity index is 1.84. The Labute approximate surface area is 134 Å². The molecule has 0 N–H and O–H groups in total. The summed E-state index contributed by atoms with van der Waals surface area (Å²) in [4.78, 5) is 12.4. The highest BCUT2D eigenvalue weighted by atomic mass is 19.1. The summed E-state index contributed by atoms with van der Waals surface area (Å²) in [7, 11) is 1.63. The van der Waals surface area contributed by atoms with Crippen molar-refractivity contribution in [3.05, 3.63) is 65.0 Å². The largest absolute Gasteiger partial charge is 0.496 e. The van der Waals surface area contributed by atoms with Crippen LogP contribution < -0.4 is 4.74 Å². The first-order chi connectivity index (χ1) is 11.1. The maximum atomic E-state index is 13.3. The fraction of sp³-hybridized carbons (Fsp3) is 0.222. The Bertz CT molecular complexity index is 786. The van der Waals surface area contributed by atoms with Crippen LogP contribution in [0.3, 0.4) is 0 Å². The van der Waals surface area contributed by atoms with Gasteiger partial charge in [-0.25, -0.2) is 9.40 Å². The molecule has 23 heavy (non-hydrogen) atoms. The molecule has 1 amide bonds. The number of amides is 1. The van der Waals surface area contributed by atoms with E-state index >= 15 is 0 Å². The maximum absolute atomic E-state index is 13.3. The molecule has 0 saturated carbocycles. The Morgan fingerprint density at radius 2 is 2.09 bits per heavy atom. The van der Waals surface area contributed by atoms with Crippen LogP contribution in [0.5, 0.6) is 5.75 Å². The number of aryl methyl sites for hydroxylation is 1. The normalized spacial score (nSPS) is 13.9. The molecule has 0 spiro atoms. The lowest BCUT2D eigenvalue weighted by atomic mass is 10.1. The van der Waals surface area contributed by atoms with E-state index in [1.165, 1.54) is 23.2 Å². The van der Waals surface area contributed by atoms with Crippen molar-refractivity contribution in [1.82, 2.24) is 5.01 Å². The topological polar surface area (TPSA) is 41.9 Å². The van der Waals surface area contributed by atoms with Crippen molar-refractivity contribution in [2.24, 2.45) is 5.10 Å². The number of hydrazone groups is 1. The van der Waals surface area contributed by atoms with Crippen molar-refractivity contribution in [3.63, 3.8) is 0 Å². The van der Waals surface area contributed by atoms with Gasteiger partial charge in [0, 0.05) is 17.5 Å². The van der Waals surface area contributed by atoms with Gasteiger partial charge in [0.2, 0.25) is 0 Å². The SMILES string of the molecule is COc1cc(C2=NN(C(=O)c3cccc(F)c3)CC2)ccc1C. The first-order valence-corrected chi connectivity index (χ1v) is 7.38. The molecule has 0 fully saturated rings. The van der Waals surface area contributed by atoms with Crippen LogP contribution in [0.25, 0.3) is 0 Å². The summed E-state index contributed by atoms with van der Waals surface area (Å²) in [5, 5.41) is 5.78. The smallest absolute Gasteiger partial charge is 0.274 e. The van der Waals surface area contributed by atoms with Crippen molar-refractivity contribution >= 4 is 11.6 Å². The van der Waals surface area contributed by atoms with Gasteiger partial charge in [-0.05, 0) is 36.8 Å². The lowest BCUT2D eigenvalue weighted by molar-refractivity contribution is 0.0778. The Hall–Kier alpha value is -2.69. The number of rotatable bonds is 3. The number of methoxy groups -OCH3 is 1. The number of ether oxygens (including phenoxy) is 1. The van der Waals surface area contributed by atoms with Crippen molar-refractivity contribution < 1.29 is 13.9 Å². The summed E-state index contributed by atoms with van der Waals surface area (Å²) < 4.78 is 18.6. The minimum Gasteiger partial charge on any atom is -0.496 e. The van der Waals surface area contributed by atoms with Crippen LogP contribution in [-0.4, -0.2) is 30.3 Å². The summed E-state index contributed by atoms with van der Waals surface area (Å²) in [5.41, 5.74) is 3.11. The van der Waals surface area contributed by atoms with E-state index in [9.17, 15) is 9.18 Å². The van der Waals surface area contributed by atoms with Crippen LogP contribution >= 0.6 is 0 Å². The zero-order valence-corrected chi connectivity index (χ0v) is 13.0. The van der Waals surface area contributed by atoms with E-state index in [-0.39, 0.29) is 5.91 Å². The van der Waals surface area contributed by atoms with Crippen LogP contribution in [0.1, 0.15) is 27.9 Å². The van der Waals surface area contributed by atoms with E-state index in [1.807, 2.05) is 25.1 Å². The molecule has 1 heterocycles. The Kier molecular flexibility index (Phi) is 4.10. The van der Waals surface area contributed by atoms with Crippen molar-refractivity contribution in [3.8, 4) is 5.75 Å². The van der Waals surface area contributed by atoms with Gasteiger partial charge >= 0.3 is 0 Å². The number of carbonyl (C=O) groups is 1. The highest BCUT2D eigenvalue weighted by molar-refractivity contribution is 6.04. The van der Waals surface area contributed by atoms with Gasteiger partial charge in [0.25, 0.3) is 5.91 Å². The van der Waals surface area contributed by atoms with Gasteiger partial charge in [-0.2, -0.15) is 5.10 Å². The minimum absolute atomic E-state index is 0.293. The Morgan fingerprint density at radius 1 is 1.26 bits per heavy atom. The van der Waals surface area contributed by atoms with E-state index in [2.05, 4.69) is 5.10 Å². The number of hydrogen-bond acceptors (Lipinski definition) is 3. The average molecular weight is 312 g/mol. The van der Waals surface area contributed by atoms with Crippen LogP contribution in [0.2, 0.25) is 0 Å². The molecule has 118 valence electrons. The highest BCUT2D eigenvalue weighted by Gasteiger charge is 2.23. The number of hydrogen-bond donors (Lipinski definition) is 0. The van der Waals surface area contributed by atoms with E-state index in [4.69, 9.17) is 4.74 Å². The fourth-order valence-electron chi connectivity index (χ4n) is 2.58. The van der Waals surface area contributed by atoms with Crippen molar-refractivity contribution in [2.45, 2.75) is 13.3 Å². The van der Waals surface area contributed by atoms with Crippen LogP contribution in [-0.2, 0) is 0 Å². The predicted molar refractivity (Wildman–Crippen MR) is 86.3 cm³/mol. The van der Waals surface area contributed by atoms with Gasteiger partial charge in [0.1, 0.15) is 11.6 Å². The summed E-state index contributed by atoms with van der Waals surface area (Å²) in [6.07, 6.45) is 0.660. The fourth-order valence-corrected chi connectivity index (χ4v) is 2.58. The lowest BCUT2D eigenvalue weighted by Gasteiger charge is -2.11. The van der Waals surface area contributed by atoms with Gasteiger partial charge in [-0.3, -0.25) is 4.79 Å². The molecule has 0 bridgehead atoms. The van der Waals surface area contributed by atoms with Crippen molar-refractivity contribution in [2.75, 3.05) is 13.7 Å². The molecule has 3 rings (SSSR count). The average Bonchev–Trinajstić information content (AvgIpc) is 3.04. The van der Waals surface area contributed by atoms with E-state index < -0.39 is 5.82 Å². The Morgan fingerprint density at radius 3 is 2.83 bits per heavy atom. The molecule has 0 saturated heterocycles. The summed E-state index contributed by atoms with van der Waals surface area (Å²) in [5.74, 6) is 0.0706. The molecular weight excluding hydrogens is 295 g/mol. The van der Waals surface area contributed by atoms with Crippen molar-refractivity contribution in [1.29, 1.82) is 0 Å². The third-order valence-corrected chi connectivity index (χ3v) is 3.85.